The molecule has 4 rings (SSSR count). The molecule has 35 heavy (non-hydrogen) atoms. The number of anilines is 2. The first kappa shape index (κ1) is 23.9. The van der Waals surface area contributed by atoms with Gasteiger partial charge in [0.15, 0.2) is 10.9 Å². The lowest BCUT2D eigenvalue weighted by molar-refractivity contribution is -0.115. The Morgan fingerprint density at radius 3 is 2.29 bits per heavy atom. The Hall–Kier alpha value is -4.24. The van der Waals surface area contributed by atoms with Crippen molar-refractivity contribution in [1.29, 1.82) is 0 Å². The van der Waals surface area contributed by atoms with E-state index in [-0.39, 0.29) is 22.7 Å². The van der Waals surface area contributed by atoms with Gasteiger partial charge in [0.25, 0.3) is 11.5 Å². The minimum atomic E-state index is -0.523. The van der Waals surface area contributed by atoms with Crippen LogP contribution in [0.4, 0.5) is 11.4 Å². The van der Waals surface area contributed by atoms with E-state index in [0.717, 1.165) is 17.3 Å². The van der Waals surface area contributed by atoms with Crippen molar-refractivity contribution in [1.82, 2.24) is 15.2 Å². The molecule has 3 N–H and O–H groups in total. The number of benzene rings is 3. The molecular formula is C26H23N5O3S. The summed E-state index contributed by atoms with van der Waals surface area (Å²) in [5.41, 5.74) is 2.57. The van der Waals surface area contributed by atoms with Crippen LogP contribution in [-0.2, 0) is 4.79 Å². The molecule has 0 aliphatic heterocycles. The maximum absolute atomic E-state index is 12.9. The van der Waals surface area contributed by atoms with Crippen molar-refractivity contribution in [3.8, 4) is 11.3 Å². The monoisotopic (exact) mass is 485 g/mol. The molecule has 1 aromatic heterocycles. The number of nitrogens with zero attached hydrogens (tertiary/aromatic N) is 2. The summed E-state index contributed by atoms with van der Waals surface area (Å²) in [6, 6.07) is 23.2. The van der Waals surface area contributed by atoms with Crippen LogP contribution in [0.2, 0.25) is 0 Å². The largest absolute Gasteiger partial charge is 0.325 e. The second-order valence-corrected chi connectivity index (χ2v) is 9.12. The van der Waals surface area contributed by atoms with E-state index in [1.165, 1.54) is 0 Å². The Kier molecular flexibility index (Phi) is 7.37. The van der Waals surface area contributed by atoms with E-state index in [1.807, 2.05) is 37.3 Å². The molecule has 4 aromatic rings. The van der Waals surface area contributed by atoms with Gasteiger partial charge in [0.1, 0.15) is 0 Å². The second kappa shape index (κ2) is 10.8. The molecule has 1 atom stereocenters. The number of H-pyrrole nitrogens is 1. The topological polar surface area (TPSA) is 117 Å². The Bertz CT molecular complexity index is 1410. The lowest BCUT2D eigenvalue weighted by Gasteiger charge is -2.13. The van der Waals surface area contributed by atoms with Gasteiger partial charge in [0, 0.05) is 16.8 Å². The molecule has 0 unspecified atom stereocenters. The number of hydrogen-bond acceptors (Lipinski definition) is 6. The van der Waals surface area contributed by atoms with Crippen LogP contribution in [-0.4, -0.2) is 32.2 Å². The Labute approximate surface area is 206 Å². The molecule has 2 amide bonds. The van der Waals surface area contributed by atoms with Crippen LogP contribution in [0.5, 0.6) is 0 Å². The van der Waals surface area contributed by atoms with E-state index in [2.05, 4.69) is 25.8 Å². The number of thioether (sulfide) groups is 1. The van der Waals surface area contributed by atoms with Crippen LogP contribution < -0.4 is 16.2 Å². The maximum atomic E-state index is 12.9. The average molecular weight is 486 g/mol. The molecule has 0 bridgehead atoms. The Balaban J connectivity index is 1.53. The van der Waals surface area contributed by atoms with Crippen molar-refractivity contribution in [2.45, 2.75) is 24.3 Å². The SMILES string of the molecule is Cc1ccc(NC(=O)c2ccccc2)c(-c2nnc(S[C@H](C)C(=O)Nc3ccccc3)[nH]c2=O)c1. The highest BCUT2D eigenvalue weighted by Gasteiger charge is 2.19. The van der Waals surface area contributed by atoms with Crippen LogP contribution in [0.15, 0.2) is 88.8 Å². The molecule has 1 heterocycles. The molecule has 0 radical (unpaired) electrons. The lowest BCUT2D eigenvalue weighted by Crippen LogP contribution is -2.23. The molecule has 0 saturated carbocycles. The van der Waals surface area contributed by atoms with E-state index in [1.54, 1.807) is 55.5 Å². The summed E-state index contributed by atoms with van der Waals surface area (Å²) in [7, 11) is 0. The number of hydrogen-bond donors (Lipinski definition) is 3. The number of aryl methyl sites for hydroxylation is 1. The van der Waals surface area contributed by atoms with Crippen molar-refractivity contribution in [2.24, 2.45) is 0 Å². The average Bonchev–Trinajstić information content (AvgIpc) is 2.86. The third-order valence-corrected chi connectivity index (χ3v) is 6.06. The number of carbonyl (C=O) groups excluding carboxylic acids is 2. The molecule has 3 aromatic carbocycles. The molecule has 0 fully saturated rings. The maximum Gasteiger partial charge on any atom is 0.278 e. The molecular weight excluding hydrogens is 462 g/mol. The highest BCUT2D eigenvalue weighted by atomic mass is 32.2. The van der Waals surface area contributed by atoms with Gasteiger partial charge < -0.3 is 10.6 Å². The summed E-state index contributed by atoms with van der Waals surface area (Å²) in [6.07, 6.45) is 0. The van der Waals surface area contributed by atoms with Gasteiger partial charge in [-0.25, -0.2) is 0 Å². The van der Waals surface area contributed by atoms with Crippen LogP contribution in [0, 0.1) is 6.92 Å². The summed E-state index contributed by atoms with van der Waals surface area (Å²) in [5.74, 6) is -0.525. The van der Waals surface area contributed by atoms with E-state index in [0.29, 0.717) is 22.5 Å². The minimum Gasteiger partial charge on any atom is -0.325 e. The number of amides is 2. The van der Waals surface area contributed by atoms with Gasteiger partial charge in [-0.1, -0.05) is 59.8 Å². The van der Waals surface area contributed by atoms with E-state index in [9.17, 15) is 14.4 Å². The first-order valence-electron chi connectivity index (χ1n) is 10.9. The summed E-state index contributed by atoms with van der Waals surface area (Å²) < 4.78 is 0. The fourth-order valence-electron chi connectivity index (χ4n) is 3.28. The normalized spacial score (nSPS) is 11.5. The van der Waals surface area contributed by atoms with Gasteiger partial charge in [-0.05, 0) is 50.2 Å². The smallest absolute Gasteiger partial charge is 0.278 e. The first-order chi connectivity index (χ1) is 16.9. The number of aromatic nitrogens is 3. The molecule has 8 nitrogen and oxygen atoms in total. The fraction of sp³-hybridized carbons (Fsp3) is 0.115. The number of para-hydroxylation sites is 1. The summed E-state index contributed by atoms with van der Waals surface area (Å²) >= 11 is 1.09. The number of aromatic amines is 1. The predicted octanol–water partition coefficient (Wildman–Crippen LogP) is 4.51. The zero-order valence-corrected chi connectivity index (χ0v) is 19.9. The van der Waals surface area contributed by atoms with E-state index < -0.39 is 10.8 Å². The number of rotatable bonds is 7. The summed E-state index contributed by atoms with van der Waals surface area (Å²) in [4.78, 5) is 40.8. The quantitative estimate of drug-likeness (QED) is 0.332. The van der Waals surface area contributed by atoms with Crippen LogP contribution in [0.25, 0.3) is 11.3 Å². The van der Waals surface area contributed by atoms with Crippen molar-refractivity contribution in [3.05, 3.63) is 100 Å². The van der Waals surface area contributed by atoms with Gasteiger partial charge in [-0.3, -0.25) is 19.4 Å². The molecule has 9 heteroatoms. The third-order valence-electron chi connectivity index (χ3n) is 5.09. The lowest BCUT2D eigenvalue weighted by atomic mass is 10.1. The second-order valence-electron chi connectivity index (χ2n) is 7.79. The third kappa shape index (κ3) is 6.01. The Morgan fingerprint density at radius 1 is 0.914 bits per heavy atom. The molecule has 0 aliphatic carbocycles. The van der Waals surface area contributed by atoms with Crippen LogP contribution in [0.1, 0.15) is 22.8 Å². The van der Waals surface area contributed by atoms with Crippen molar-refractivity contribution in [2.75, 3.05) is 10.6 Å². The van der Waals surface area contributed by atoms with Gasteiger partial charge in [0.2, 0.25) is 5.91 Å². The zero-order chi connectivity index (χ0) is 24.8. The summed E-state index contributed by atoms with van der Waals surface area (Å²) in [5, 5.41) is 13.6. The van der Waals surface area contributed by atoms with Crippen LogP contribution >= 0.6 is 11.8 Å². The standard InChI is InChI=1S/C26H23N5O3S/c1-16-13-14-21(28-24(33)18-9-5-3-6-10-18)20(15-16)22-25(34)29-26(31-30-22)35-17(2)23(32)27-19-11-7-4-8-12-19/h3-15,17H,1-2H3,(H,27,32)(H,28,33)(H,29,31,34)/t17-/m1/s1. The van der Waals surface area contributed by atoms with Crippen molar-refractivity contribution < 1.29 is 9.59 Å². The zero-order valence-electron chi connectivity index (χ0n) is 19.1. The molecule has 0 aliphatic rings. The highest BCUT2D eigenvalue weighted by Crippen LogP contribution is 2.27. The van der Waals surface area contributed by atoms with Gasteiger partial charge in [-0.2, -0.15) is 0 Å². The predicted molar refractivity (Wildman–Crippen MR) is 138 cm³/mol. The first-order valence-corrected chi connectivity index (χ1v) is 11.8. The molecule has 0 saturated heterocycles. The minimum absolute atomic E-state index is 0.0720. The van der Waals surface area contributed by atoms with Gasteiger partial charge in [0.05, 0.1) is 10.9 Å². The van der Waals surface area contributed by atoms with Crippen molar-refractivity contribution in [3.63, 3.8) is 0 Å². The molecule has 176 valence electrons. The molecule has 0 spiro atoms. The Morgan fingerprint density at radius 2 is 1.60 bits per heavy atom. The van der Waals surface area contributed by atoms with Crippen LogP contribution in [0.3, 0.4) is 0 Å². The van der Waals surface area contributed by atoms with E-state index in [4.69, 9.17) is 0 Å². The number of nitrogens with one attached hydrogen (secondary N) is 3. The van der Waals surface area contributed by atoms with Gasteiger partial charge >= 0.3 is 0 Å². The summed E-state index contributed by atoms with van der Waals surface area (Å²) in [6.45, 7) is 3.60. The number of carbonyl (C=O) groups is 2. The highest BCUT2D eigenvalue weighted by molar-refractivity contribution is 8.00. The van der Waals surface area contributed by atoms with Crippen molar-refractivity contribution >= 4 is 35.0 Å². The fourth-order valence-corrected chi connectivity index (χ4v) is 4.03. The van der Waals surface area contributed by atoms with Gasteiger partial charge in [-0.15, -0.1) is 10.2 Å². The van der Waals surface area contributed by atoms with E-state index >= 15 is 0 Å².